The standard InChI is InChI=1S/C22H16ClN3O4/c23-18-8-4-5-9-19(18)24-22(28)20(25-21(27)16-6-2-1-3-7-16)14-15-10-12-17(13-11-15)26(29)30/h1-14H,(H,24,28)(H,25,27)/b20-14-. The highest BCUT2D eigenvalue weighted by molar-refractivity contribution is 6.34. The van der Waals surface area contributed by atoms with E-state index in [0.717, 1.165) is 0 Å². The maximum Gasteiger partial charge on any atom is 0.272 e. The highest BCUT2D eigenvalue weighted by Crippen LogP contribution is 2.21. The quantitative estimate of drug-likeness (QED) is 0.343. The number of nitro groups is 1. The van der Waals surface area contributed by atoms with Crippen LogP contribution in [0.4, 0.5) is 11.4 Å². The number of carbonyl (C=O) groups excluding carboxylic acids is 2. The number of nitrogens with one attached hydrogen (secondary N) is 2. The predicted molar refractivity (Wildman–Crippen MR) is 115 cm³/mol. The molecule has 0 aliphatic heterocycles. The van der Waals surface area contributed by atoms with Crippen molar-refractivity contribution >= 4 is 40.9 Å². The van der Waals surface area contributed by atoms with Gasteiger partial charge in [0, 0.05) is 17.7 Å². The second-order valence-electron chi connectivity index (χ2n) is 6.16. The van der Waals surface area contributed by atoms with Gasteiger partial charge in [0.15, 0.2) is 0 Å². The third-order valence-corrected chi connectivity index (χ3v) is 4.40. The summed E-state index contributed by atoms with van der Waals surface area (Å²) < 4.78 is 0. The molecule has 0 bridgehead atoms. The summed E-state index contributed by atoms with van der Waals surface area (Å²) in [5.74, 6) is -1.07. The summed E-state index contributed by atoms with van der Waals surface area (Å²) in [5.41, 5.74) is 1.13. The molecule has 0 fully saturated rings. The Labute approximate surface area is 177 Å². The van der Waals surface area contributed by atoms with E-state index in [1.54, 1.807) is 54.6 Å². The van der Waals surface area contributed by atoms with Crippen molar-refractivity contribution in [3.05, 3.63) is 111 Å². The van der Waals surface area contributed by atoms with Gasteiger partial charge in [-0.25, -0.2) is 0 Å². The molecule has 3 rings (SSSR count). The number of nitro benzene ring substituents is 1. The Balaban J connectivity index is 1.91. The van der Waals surface area contributed by atoms with E-state index >= 15 is 0 Å². The van der Waals surface area contributed by atoms with Crippen molar-refractivity contribution in [1.29, 1.82) is 0 Å². The molecule has 0 aliphatic rings. The van der Waals surface area contributed by atoms with Gasteiger partial charge in [-0.2, -0.15) is 0 Å². The van der Waals surface area contributed by atoms with Gasteiger partial charge in [0.25, 0.3) is 17.5 Å². The summed E-state index contributed by atoms with van der Waals surface area (Å²) in [4.78, 5) is 35.7. The Hall–Kier alpha value is -3.97. The highest BCUT2D eigenvalue weighted by atomic mass is 35.5. The highest BCUT2D eigenvalue weighted by Gasteiger charge is 2.16. The zero-order valence-corrected chi connectivity index (χ0v) is 16.3. The number of amides is 2. The van der Waals surface area contributed by atoms with Gasteiger partial charge >= 0.3 is 0 Å². The average molecular weight is 422 g/mol. The van der Waals surface area contributed by atoms with E-state index in [2.05, 4.69) is 10.6 Å². The van der Waals surface area contributed by atoms with E-state index in [1.165, 1.54) is 30.3 Å². The summed E-state index contributed by atoms with van der Waals surface area (Å²) in [6, 6.07) is 20.7. The number of nitrogens with zero attached hydrogens (tertiary/aromatic N) is 1. The van der Waals surface area contributed by atoms with Crippen molar-refractivity contribution in [3.8, 4) is 0 Å². The van der Waals surface area contributed by atoms with E-state index in [1.807, 2.05) is 0 Å². The molecule has 2 N–H and O–H groups in total. The summed E-state index contributed by atoms with van der Waals surface area (Å²) in [7, 11) is 0. The molecule has 0 unspecified atom stereocenters. The SMILES string of the molecule is O=C(Nc1ccccc1Cl)/C(=C/c1ccc([N+](=O)[O-])cc1)NC(=O)c1ccccc1. The molecule has 0 saturated heterocycles. The van der Waals surface area contributed by atoms with Gasteiger partial charge in [-0.05, 0) is 48.0 Å². The first-order chi connectivity index (χ1) is 14.4. The molecule has 30 heavy (non-hydrogen) atoms. The van der Waals surface area contributed by atoms with Crippen LogP contribution in [0, 0.1) is 10.1 Å². The third-order valence-electron chi connectivity index (χ3n) is 4.07. The van der Waals surface area contributed by atoms with Crippen LogP contribution in [0.2, 0.25) is 5.02 Å². The van der Waals surface area contributed by atoms with Crippen LogP contribution in [0.25, 0.3) is 6.08 Å². The molecule has 150 valence electrons. The lowest BCUT2D eigenvalue weighted by atomic mass is 10.1. The van der Waals surface area contributed by atoms with E-state index in [4.69, 9.17) is 11.6 Å². The van der Waals surface area contributed by atoms with Gasteiger partial charge in [-0.3, -0.25) is 19.7 Å². The van der Waals surface area contributed by atoms with Gasteiger partial charge in [0.2, 0.25) is 0 Å². The van der Waals surface area contributed by atoms with Crippen LogP contribution in [-0.4, -0.2) is 16.7 Å². The molecule has 2 amide bonds. The first-order valence-electron chi connectivity index (χ1n) is 8.82. The minimum atomic E-state index is -0.592. The zero-order chi connectivity index (χ0) is 21.5. The molecule has 3 aromatic rings. The summed E-state index contributed by atoms with van der Waals surface area (Å²) in [5, 5.41) is 16.4. The summed E-state index contributed by atoms with van der Waals surface area (Å²) in [6.45, 7) is 0. The van der Waals surface area contributed by atoms with E-state index < -0.39 is 16.7 Å². The van der Waals surface area contributed by atoms with Crippen LogP contribution < -0.4 is 10.6 Å². The maximum absolute atomic E-state index is 12.9. The number of halogens is 1. The number of carbonyl (C=O) groups is 2. The molecule has 0 heterocycles. The number of hydrogen-bond donors (Lipinski definition) is 2. The molecule has 0 aromatic heterocycles. The monoisotopic (exact) mass is 421 g/mol. The van der Waals surface area contributed by atoms with Crippen LogP contribution >= 0.6 is 11.6 Å². The Kier molecular flexibility index (Phi) is 6.56. The van der Waals surface area contributed by atoms with Gasteiger partial charge in [-0.1, -0.05) is 41.9 Å². The van der Waals surface area contributed by atoms with Crippen molar-refractivity contribution < 1.29 is 14.5 Å². The Morgan fingerprint density at radius 2 is 1.53 bits per heavy atom. The Morgan fingerprint density at radius 1 is 0.900 bits per heavy atom. The number of para-hydroxylation sites is 1. The predicted octanol–water partition coefficient (Wildman–Crippen LogP) is 4.66. The second-order valence-corrected chi connectivity index (χ2v) is 6.57. The zero-order valence-electron chi connectivity index (χ0n) is 15.5. The van der Waals surface area contributed by atoms with E-state index in [0.29, 0.717) is 21.8 Å². The number of rotatable bonds is 6. The fourth-order valence-corrected chi connectivity index (χ4v) is 2.74. The molecule has 0 aliphatic carbocycles. The van der Waals surface area contributed by atoms with Crippen molar-refractivity contribution in [3.63, 3.8) is 0 Å². The smallest absolute Gasteiger partial charge is 0.272 e. The number of anilines is 1. The molecule has 7 nitrogen and oxygen atoms in total. The molecule has 0 spiro atoms. The van der Waals surface area contributed by atoms with Gasteiger partial charge in [0.1, 0.15) is 5.70 Å². The summed E-state index contributed by atoms with van der Waals surface area (Å²) in [6.07, 6.45) is 1.43. The topological polar surface area (TPSA) is 101 Å². The number of non-ortho nitro benzene ring substituents is 1. The lowest BCUT2D eigenvalue weighted by Crippen LogP contribution is -2.30. The summed E-state index contributed by atoms with van der Waals surface area (Å²) >= 11 is 6.10. The molecular weight excluding hydrogens is 406 g/mol. The van der Waals surface area contributed by atoms with Gasteiger partial charge in [-0.15, -0.1) is 0 Å². The molecule has 8 heteroatoms. The average Bonchev–Trinajstić information content (AvgIpc) is 2.75. The minimum absolute atomic E-state index is 0.0439. The van der Waals surface area contributed by atoms with Crippen LogP contribution in [0.15, 0.2) is 84.6 Å². The first-order valence-corrected chi connectivity index (χ1v) is 9.20. The van der Waals surface area contributed by atoms with Crippen molar-refractivity contribution in [1.82, 2.24) is 5.32 Å². The van der Waals surface area contributed by atoms with Crippen LogP contribution in [0.5, 0.6) is 0 Å². The normalized spacial score (nSPS) is 10.9. The Bertz CT molecular complexity index is 1110. The van der Waals surface area contributed by atoms with E-state index in [9.17, 15) is 19.7 Å². The fraction of sp³-hybridized carbons (Fsp3) is 0. The van der Waals surface area contributed by atoms with Gasteiger partial charge in [0.05, 0.1) is 15.6 Å². The maximum atomic E-state index is 12.9. The molecular formula is C22H16ClN3O4. The first kappa shape index (κ1) is 20.8. The van der Waals surface area contributed by atoms with Crippen molar-refractivity contribution in [2.24, 2.45) is 0 Å². The Morgan fingerprint density at radius 3 is 2.17 bits per heavy atom. The largest absolute Gasteiger partial charge is 0.319 e. The number of hydrogen-bond acceptors (Lipinski definition) is 4. The van der Waals surface area contributed by atoms with E-state index in [-0.39, 0.29) is 11.4 Å². The fourth-order valence-electron chi connectivity index (χ4n) is 2.55. The molecule has 0 radical (unpaired) electrons. The molecule has 0 atom stereocenters. The third kappa shape index (κ3) is 5.30. The lowest BCUT2D eigenvalue weighted by Gasteiger charge is -2.12. The van der Waals surface area contributed by atoms with Crippen molar-refractivity contribution in [2.75, 3.05) is 5.32 Å². The second kappa shape index (κ2) is 9.49. The lowest BCUT2D eigenvalue weighted by molar-refractivity contribution is -0.384. The number of benzene rings is 3. The van der Waals surface area contributed by atoms with Crippen LogP contribution in [-0.2, 0) is 4.79 Å². The van der Waals surface area contributed by atoms with Crippen LogP contribution in [0.1, 0.15) is 15.9 Å². The van der Waals surface area contributed by atoms with Gasteiger partial charge < -0.3 is 10.6 Å². The molecule has 3 aromatic carbocycles. The van der Waals surface area contributed by atoms with Crippen molar-refractivity contribution in [2.45, 2.75) is 0 Å². The molecule has 0 saturated carbocycles. The minimum Gasteiger partial charge on any atom is -0.319 e. The van der Waals surface area contributed by atoms with Crippen LogP contribution in [0.3, 0.4) is 0 Å².